The van der Waals surface area contributed by atoms with Crippen molar-refractivity contribution in [1.82, 2.24) is 15.0 Å². The van der Waals surface area contributed by atoms with Gasteiger partial charge in [0.05, 0.1) is 5.58 Å². The molecule has 7 rings (SSSR count). The second-order valence-electron chi connectivity index (χ2n) is 8.85. The molecular formula is C33H23IrN3O-2. The molecule has 3 aromatic carbocycles. The maximum Gasteiger partial charge on any atom is 0.130 e. The fourth-order valence-corrected chi connectivity index (χ4v) is 4.51. The van der Waals surface area contributed by atoms with Crippen molar-refractivity contribution in [3.05, 3.63) is 127 Å². The monoisotopic (exact) mass is 670 g/mol. The summed E-state index contributed by atoms with van der Waals surface area (Å²) in [5.41, 5.74) is 7.58. The van der Waals surface area contributed by atoms with Crippen LogP contribution in [0.1, 0.15) is 11.3 Å². The number of fused-ring (bicyclic) bond motifs is 5. The Morgan fingerprint density at radius 2 is 1.53 bits per heavy atom. The van der Waals surface area contributed by atoms with Crippen molar-refractivity contribution in [1.29, 1.82) is 0 Å². The first-order valence-electron chi connectivity index (χ1n) is 12.1. The summed E-state index contributed by atoms with van der Waals surface area (Å²) in [6.45, 7) is 4.05. The third-order valence-corrected chi connectivity index (χ3v) is 6.34. The number of hydrogen-bond donors (Lipinski definition) is 0. The number of nitrogens with zero attached hydrogens (tertiary/aromatic N) is 3. The Labute approximate surface area is 234 Å². The maximum atomic E-state index is 6.35. The van der Waals surface area contributed by atoms with Crippen molar-refractivity contribution in [3.63, 3.8) is 0 Å². The molecule has 4 nitrogen and oxygen atoms in total. The number of hydrogen-bond acceptors (Lipinski definition) is 4. The van der Waals surface area contributed by atoms with Crippen LogP contribution in [0.15, 0.2) is 108 Å². The summed E-state index contributed by atoms with van der Waals surface area (Å²) in [5, 5.41) is 4.38. The fourth-order valence-electron chi connectivity index (χ4n) is 4.51. The van der Waals surface area contributed by atoms with Gasteiger partial charge in [0.15, 0.2) is 0 Å². The molecule has 0 spiro atoms. The molecule has 0 aliphatic carbocycles. The standard InChI is InChI=1S/C22H15N2O.C11H8N.Ir/c1-13-6-9-19(24-12-13)18-5-3-4-16-17-8-7-15-10-11-23-14(2)20(15)22(17)25-21(16)18;1-2-6-10(7-3-1)11-8-4-5-9-12-11;/h3-4,6-12H,1-2H3;1-6,8-9H;/q2*-1;. The Hall–Kier alpha value is -4.18. The van der Waals surface area contributed by atoms with Crippen LogP contribution in [0.4, 0.5) is 0 Å². The van der Waals surface area contributed by atoms with E-state index in [1.807, 2.05) is 86.9 Å². The van der Waals surface area contributed by atoms with E-state index in [0.29, 0.717) is 0 Å². The van der Waals surface area contributed by atoms with Crippen molar-refractivity contribution < 1.29 is 24.5 Å². The molecule has 0 N–H and O–H groups in total. The first kappa shape index (κ1) is 25.5. The first-order valence-corrected chi connectivity index (χ1v) is 12.1. The van der Waals surface area contributed by atoms with Gasteiger partial charge in [-0.1, -0.05) is 47.3 Å². The molecule has 0 aliphatic heterocycles. The third kappa shape index (κ3) is 4.86. The van der Waals surface area contributed by atoms with Gasteiger partial charge in [0.25, 0.3) is 0 Å². The SMILES string of the molecule is Cc1ccc(-c2[c-]ccc3c2oc2c3ccc3ccnc(C)c32)nc1.[Ir].[c-]1ccccc1-c1ccccn1. The van der Waals surface area contributed by atoms with Crippen molar-refractivity contribution in [2.75, 3.05) is 0 Å². The summed E-state index contributed by atoms with van der Waals surface area (Å²) in [7, 11) is 0. The van der Waals surface area contributed by atoms with Crippen LogP contribution in [0.2, 0.25) is 0 Å². The molecule has 0 bridgehead atoms. The number of aryl methyl sites for hydroxylation is 2. The normalized spacial score (nSPS) is 10.7. The van der Waals surface area contributed by atoms with Crippen molar-refractivity contribution >= 4 is 32.7 Å². The molecule has 0 saturated heterocycles. The predicted octanol–water partition coefficient (Wildman–Crippen LogP) is 8.16. The molecule has 5 heteroatoms. The molecule has 0 fully saturated rings. The van der Waals surface area contributed by atoms with Crippen LogP contribution >= 0.6 is 0 Å². The molecule has 7 aromatic rings. The maximum absolute atomic E-state index is 6.35. The van der Waals surface area contributed by atoms with Crippen LogP contribution < -0.4 is 0 Å². The Kier molecular flexibility index (Phi) is 7.41. The molecule has 38 heavy (non-hydrogen) atoms. The van der Waals surface area contributed by atoms with Crippen LogP contribution in [0.25, 0.3) is 55.2 Å². The summed E-state index contributed by atoms with van der Waals surface area (Å²) >= 11 is 0. The molecule has 1 radical (unpaired) electrons. The second kappa shape index (κ2) is 11.1. The van der Waals surface area contributed by atoms with Gasteiger partial charge in [-0.2, -0.15) is 0 Å². The van der Waals surface area contributed by atoms with E-state index in [2.05, 4.69) is 51.4 Å². The molecule has 0 amide bonds. The minimum atomic E-state index is 0. The van der Waals surface area contributed by atoms with E-state index in [9.17, 15) is 0 Å². The van der Waals surface area contributed by atoms with Gasteiger partial charge >= 0.3 is 0 Å². The molecule has 0 aliphatic rings. The van der Waals surface area contributed by atoms with Crippen molar-refractivity contribution in [2.24, 2.45) is 0 Å². The van der Waals surface area contributed by atoms with E-state index < -0.39 is 0 Å². The van der Waals surface area contributed by atoms with E-state index in [1.54, 1.807) is 6.20 Å². The van der Waals surface area contributed by atoms with Crippen molar-refractivity contribution in [3.8, 4) is 22.5 Å². The van der Waals surface area contributed by atoms with Gasteiger partial charge in [-0.3, -0.25) is 4.98 Å². The van der Waals surface area contributed by atoms with E-state index >= 15 is 0 Å². The zero-order valence-electron chi connectivity index (χ0n) is 20.9. The molecule has 4 heterocycles. The molecular weight excluding hydrogens is 647 g/mol. The van der Waals surface area contributed by atoms with E-state index in [-0.39, 0.29) is 20.1 Å². The van der Waals surface area contributed by atoms with Crippen LogP contribution in [0.3, 0.4) is 0 Å². The number of furan rings is 1. The summed E-state index contributed by atoms with van der Waals surface area (Å²) in [6, 6.07) is 34.4. The molecule has 187 valence electrons. The Morgan fingerprint density at radius 3 is 2.29 bits per heavy atom. The Bertz CT molecular complexity index is 1790. The van der Waals surface area contributed by atoms with Gasteiger partial charge in [0.2, 0.25) is 0 Å². The largest absolute Gasteiger partial charge is 0.500 e. The van der Waals surface area contributed by atoms with Gasteiger partial charge < -0.3 is 14.4 Å². The van der Waals surface area contributed by atoms with E-state index in [4.69, 9.17) is 4.42 Å². The van der Waals surface area contributed by atoms with Gasteiger partial charge in [-0.15, -0.1) is 54.1 Å². The van der Waals surface area contributed by atoms with Crippen LogP contribution in [0.5, 0.6) is 0 Å². The van der Waals surface area contributed by atoms with Crippen molar-refractivity contribution in [2.45, 2.75) is 13.8 Å². The summed E-state index contributed by atoms with van der Waals surface area (Å²) in [6.07, 6.45) is 5.49. The van der Waals surface area contributed by atoms with Crippen LogP contribution in [-0.4, -0.2) is 15.0 Å². The number of rotatable bonds is 2. The fraction of sp³-hybridized carbons (Fsp3) is 0.0606. The molecule has 0 atom stereocenters. The zero-order chi connectivity index (χ0) is 25.2. The number of aromatic nitrogens is 3. The quantitative estimate of drug-likeness (QED) is 0.174. The van der Waals surface area contributed by atoms with Gasteiger partial charge in [-0.25, -0.2) is 0 Å². The minimum Gasteiger partial charge on any atom is -0.500 e. The smallest absolute Gasteiger partial charge is 0.130 e. The van der Waals surface area contributed by atoms with Gasteiger partial charge in [0, 0.05) is 55.2 Å². The Morgan fingerprint density at radius 1 is 0.658 bits per heavy atom. The topological polar surface area (TPSA) is 51.8 Å². The second-order valence-corrected chi connectivity index (χ2v) is 8.85. The first-order chi connectivity index (χ1) is 18.2. The molecule has 0 saturated carbocycles. The Balaban J connectivity index is 0.000000191. The average molecular weight is 670 g/mol. The van der Waals surface area contributed by atoms with Gasteiger partial charge in [-0.05, 0) is 48.3 Å². The predicted molar refractivity (Wildman–Crippen MR) is 149 cm³/mol. The minimum absolute atomic E-state index is 0. The zero-order valence-corrected chi connectivity index (χ0v) is 23.3. The average Bonchev–Trinajstić information content (AvgIpc) is 3.34. The third-order valence-electron chi connectivity index (χ3n) is 6.34. The summed E-state index contributed by atoms with van der Waals surface area (Å²) in [4.78, 5) is 13.2. The molecule has 0 unspecified atom stereocenters. The molecule has 4 aromatic heterocycles. The number of benzene rings is 3. The summed E-state index contributed by atoms with van der Waals surface area (Å²) in [5.74, 6) is 0. The van der Waals surface area contributed by atoms with Gasteiger partial charge in [0.1, 0.15) is 5.58 Å². The number of pyridine rings is 3. The van der Waals surface area contributed by atoms with E-state index in [1.165, 1.54) is 0 Å². The van der Waals surface area contributed by atoms with E-state index in [0.717, 1.165) is 66.5 Å². The van der Waals surface area contributed by atoms with Crippen LogP contribution in [0, 0.1) is 26.0 Å². The summed E-state index contributed by atoms with van der Waals surface area (Å²) < 4.78 is 6.35. The van der Waals surface area contributed by atoms with Crippen LogP contribution in [-0.2, 0) is 20.1 Å².